The molecule has 4 heterocycles. The Labute approximate surface area is 189 Å². The molecule has 33 heavy (non-hydrogen) atoms. The Kier molecular flexibility index (Phi) is 5.85. The minimum Gasteiger partial charge on any atom is -0.299 e. The van der Waals surface area contributed by atoms with Gasteiger partial charge in [0.05, 0.1) is 17.4 Å². The van der Waals surface area contributed by atoms with Crippen LogP contribution in [0.5, 0.6) is 0 Å². The van der Waals surface area contributed by atoms with Crippen molar-refractivity contribution in [1.82, 2.24) is 24.6 Å². The molecule has 1 aliphatic rings. The van der Waals surface area contributed by atoms with E-state index in [1.165, 1.54) is 42.0 Å². The van der Waals surface area contributed by atoms with Crippen LogP contribution in [-0.2, 0) is 12.7 Å². The van der Waals surface area contributed by atoms with Crippen LogP contribution in [-0.4, -0.2) is 37.7 Å². The van der Waals surface area contributed by atoms with Crippen molar-refractivity contribution in [2.24, 2.45) is 0 Å². The molecule has 0 bridgehead atoms. The van der Waals surface area contributed by atoms with Crippen molar-refractivity contribution < 1.29 is 13.2 Å². The maximum absolute atomic E-state index is 13.1. The van der Waals surface area contributed by atoms with Gasteiger partial charge in [0.1, 0.15) is 5.69 Å². The molecule has 4 aromatic rings. The lowest BCUT2D eigenvalue weighted by atomic mass is 10.0. The van der Waals surface area contributed by atoms with Crippen molar-refractivity contribution in [3.63, 3.8) is 0 Å². The molecule has 0 atom stereocenters. The van der Waals surface area contributed by atoms with Crippen molar-refractivity contribution in [1.29, 1.82) is 0 Å². The second-order valence-electron chi connectivity index (χ2n) is 8.50. The molecule has 0 amide bonds. The van der Waals surface area contributed by atoms with E-state index in [1.807, 2.05) is 30.6 Å². The third-order valence-electron chi connectivity index (χ3n) is 6.08. The Bertz CT molecular complexity index is 1260. The monoisotopic (exact) mass is 451 g/mol. The van der Waals surface area contributed by atoms with Gasteiger partial charge in [-0.05, 0) is 67.4 Å². The van der Waals surface area contributed by atoms with E-state index in [0.717, 1.165) is 53.9 Å². The summed E-state index contributed by atoms with van der Waals surface area (Å²) in [6.45, 7) is 3.14. The van der Waals surface area contributed by atoms with E-state index in [9.17, 15) is 13.2 Å². The van der Waals surface area contributed by atoms with Gasteiger partial charge in [-0.15, -0.1) is 0 Å². The van der Waals surface area contributed by atoms with Crippen molar-refractivity contribution >= 4 is 10.9 Å². The number of benzene rings is 1. The fourth-order valence-corrected chi connectivity index (χ4v) is 4.41. The van der Waals surface area contributed by atoms with Crippen LogP contribution in [0.1, 0.15) is 36.9 Å². The predicted octanol–water partition coefficient (Wildman–Crippen LogP) is 5.88. The number of aromatic nitrogens is 4. The zero-order valence-corrected chi connectivity index (χ0v) is 18.1. The van der Waals surface area contributed by atoms with Gasteiger partial charge < -0.3 is 0 Å². The molecule has 0 unspecified atom stereocenters. The zero-order valence-electron chi connectivity index (χ0n) is 18.1. The van der Waals surface area contributed by atoms with Crippen LogP contribution in [0.25, 0.3) is 27.7 Å². The van der Waals surface area contributed by atoms with Crippen molar-refractivity contribution in [3.05, 3.63) is 72.4 Å². The van der Waals surface area contributed by atoms with E-state index in [4.69, 9.17) is 0 Å². The Morgan fingerprint density at radius 2 is 1.67 bits per heavy atom. The molecule has 0 aliphatic carbocycles. The van der Waals surface area contributed by atoms with Crippen LogP contribution in [0.3, 0.4) is 0 Å². The van der Waals surface area contributed by atoms with E-state index in [-0.39, 0.29) is 0 Å². The largest absolute Gasteiger partial charge is 0.433 e. The molecule has 5 nitrogen and oxygen atoms in total. The minimum absolute atomic E-state index is 0.321. The lowest BCUT2D eigenvalue weighted by Gasteiger charge is -2.19. The number of rotatable bonds is 4. The number of alkyl halides is 3. The van der Waals surface area contributed by atoms with E-state index >= 15 is 0 Å². The highest BCUT2D eigenvalue weighted by molar-refractivity contribution is 5.85. The Morgan fingerprint density at radius 1 is 0.848 bits per heavy atom. The van der Waals surface area contributed by atoms with Crippen LogP contribution in [0.4, 0.5) is 13.2 Å². The minimum atomic E-state index is -4.50. The highest BCUT2D eigenvalue weighted by Crippen LogP contribution is 2.30. The second kappa shape index (κ2) is 8.94. The molecule has 0 radical (unpaired) electrons. The van der Waals surface area contributed by atoms with E-state index in [0.29, 0.717) is 5.69 Å². The van der Waals surface area contributed by atoms with Crippen molar-refractivity contribution in [2.45, 2.75) is 38.4 Å². The first-order valence-corrected chi connectivity index (χ1v) is 11.2. The van der Waals surface area contributed by atoms with Gasteiger partial charge in [0.25, 0.3) is 0 Å². The Morgan fingerprint density at radius 3 is 2.45 bits per heavy atom. The molecule has 170 valence electrons. The highest BCUT2D eigenvalue weighted by atomic mass is 19.4. The number of halogens is 3. The summed E-state index contributed by atoms with van der Waals surface area (Å²) in [6, 6.07) is 10.5. The number of likely N-dealkylation sites (tertiary alicyclic amines) is 1. The van der Waals surface area contributed by atoms with Crippen LogP contribution in [0, 0.1) is 0 Å². The normalized spacial score (nSPS) is 15.6. The van der Waals surface area contributed by atoms with Crippen LogP contribution >= 0.6 is 0 Å². The van der Waals surface area contributed by atoms with Gasteiger partial charge >= 0.3 is 6.18 Å². The number of hydrogen-bond acceptors (Lipinski definition) is 4. The van der Waals surface area contributed by atoms with E-state index in [2.05, 4.69) is 26.0 Å². The number of fused-ring (bicyclic) bond motifs is 1. The van der Waals surface area contributed by atoms with Gasteiger partial charge in [0.2, 0.25) is 0 Å². The first-order chi connectivity index (χ1) is 16.0. The molecular weight excluding hydrogens is 427 g/mol. The summed E-state index contributed by atoms with van der Waals surface area (Å²) in [5, 5.41) is 5.17. The molecule has 3 aromatic heterocycles. The fraction of sp³-hybridized carbons (Fsp3) is 0.320. The quantitative estimate of drug-likeness (QED) is 0.389. The molecule has 0 N–H and O–H groups in total. The van der Waals surface area contributed by atoms with Crippen LogP contribution in [0.2, 0.25) is 0 Å². The van der Waals surface area contributed by atoms with Gasteiger partial charge in [-0.2, -0.15) is 18.3 Å². The zero-order chi connectivity index (χ0) is 22.8. The summed E-state index contributed by atoms with van der Waals surface area (Å²) < 4.78 is 40.7. The molecule has 0 saturated carbocycles. The summed E-state index contributed by atoms with van der Waals surface area (Å²) in [7, 11) is 0. The maximum Gasteiger partial charge on any atom is 0.433 e. The SMILES string of the molecule is FC(F)(F)c1cc(-n2ncc3cc(-c4cncc(CN5CCCCCC5)c4)ccc32)ccn1. The predicted molar refractivity (Wildman–Crippen MR) is 121 cm³/mol. The maximum atomic E-state index is 13.1. The topological polar surface area (TPSA) is 46.8 Å². The Hall–Kier alpha value is -3.26. The molecule has 8 heteroatoms. The fourth-order valence-electron chi connectivity index (χ4n) is 4.41. The standard InChI is InChI=1S/C25H24F3N5/c26-25(27,28)24-13-22(7-8-30-24)33-23-6-5-19(12-21(23)16-31-33)20-11-18(14-29-15-20)17-32-9-3-1-2-4-10-32/h5-8,11-16H,1-4,9-10,17H2. The molecule has 5 rings (SSSR count). The molecule has 1 aromatic carbocycles. The average molecular weight is 451 g/mol. The first-order valence-electron chi connectivity index (χ1n) is 11.2. The number of nitrogens with zero attached hydrogens (tertiary/aromatic N) is 5. The second-order valence-corrected chi connectivity index (χ2v) is 8.50. The highest BCUT2D eigenvalue weighted by Gasteiger charge is 2.32. The molecular formula is C25H24F3N5. The third kappa shape index (κ3) is 4.75. The van der Waals surface area contributed by atoms with Crippen molar-refractivity contribution in [3.8, 4) is 16.8 Å². The summed E-state index contributed by atoms with van der Waals surface area (Å²) in [4.78, 5) is 10.4. The molecule has 1 aliphatic heterocycles. The lowest BCUT2D eigenvalue weighted by Crippen LogP contribution is -2.24. The van der Waals surface area contributed by atoms with Crippen LogP contribution < -0.4 is 0 Å². The van der Waals surface area contributed by atoms with Crippen molar-refractivity contribution in [2.75, 3.05) is 13.1 Å². The molecule has 1 saturated heterocycles. The summed E-state index contributed by atoms with van der Waals surface area (Å²) in [5.74, 6) is 0. The van der Waals surface area contributed by atoms with Crippen LogP contribution in [0.15, 0.2) is 61.2 Å². The van der Waals surface area contributed by atoms with Gasteiger partial charge in [-0.3, -0.25) is 14.9 Å². The number of pyridine rings is 2. The lowest BCUT2D eigenvalue weighted by molar-refractivity contribution is -0.141. The summed E-state index contributed by atoms with van der Waals surface area (Å²) in [5.41, 5.74) is 3.31. The van der Waals surface area contributed by atoms with E-state index < -0.39 is 11.9 Å². The summed E-state index contributed by atoms with van der Waals surface area (Å²) >= 11 is 0. The van der Waals surface area contributed by atoms with Gasteiger partial charge in [-0.25, -0.2) is 4.68 Å². The third-order valence-corrected chi connectivity index (χ3v) is 6.08. The Balaban J connectivity index is 1.42. The summed E-state index contributed by atoms with van der Waals surface area (Å²) in [6.07, 6.45) is 7.19. The van der Waals surface area contributed by atoms with Gasteiger partial charge in [0, 0.05) is 36.1 Å². The van der Waals surface area contributed by atoms with E-state index in [1.54, 1.807) is 6.20 Å². The van der Waals surface area contributed by atoms with Gasteiger partial charge in [0.15, 0.2) is 0 Å². The molecule has 1 fully saturated rings. The average Bonchev–Trinajstić information content (AvgIpc) is 3.07. The smallest absolute Gasteiger partial charge is 0.299 e. The number of hydrogen-bond donors (Lipinski definition) is 0. The first kappa shape index (κ1) is 21.6. The van der Waals surface area contributed by atoms with Gasteiger partial charge in [-0.1, -0.05) is 18.9 Å². The molecule has 0 spiro atoms.